The standard InChI is InChI=1S/C14H21ClN2/c1-9-6-12(9)8-17(3)14-5-4-11(10(2)16)7-13(14)15/h4-5,7,9-10,12H,6,8,16H2,1-3H3. The lowest BCUT2D eigenvalue weighted by molar-refractivity contribution is 0.725. The zero-order valence-corrected chi connectivity index (χ0v) is 11.5. The Labute approximate surface area is 109 Å². The van der Waals surface area contributed by atoms with E-state index in [1.165, 1.54) is 6.42 Å². The number of nitrogens with zero attached hydrogens (tertiary/aromatic N) is 1. The fraction of sp³-hybridized carbons (Fsp3) is 0.571. The lowest BCUT2D eigenvalue weighted by Crippen LogP contribution is -2.21. The number of benzene rings is 1. The van der Waals surface area contributed by atoms with Gasteiger partial charge < -0.3 is 10.6 Å². The number of nitrogens with two attached hydrogens (primary N) is 1. The van der Waals surface area contributed by atoms with Gasteiger partial charge in [-0.05, 0) is 42.9 Å². The van der Waals surface area contributed by atoms with Crippen molar-refractivity contribution >= 4 is 17.3 Å². The minimum atomic E-state index is 0.0373. The van der Waals surface area contributed by atoms with Crippen molar-refractivity contribution in [2.24, 2.45) is 17.6 Å². The van der Waals surface area contributed by atoms with Crippen molar-refractivity contribution in [1.29, 1.82) is 0 Å². The van der Waals surface area contributed by atoms with Gasteiger partial charge in [-0.3, -0.25) is 0 Å². The normalized spacial score (nSPS) is 24.5. The van der Waals surface area contributed by atoms with Gasteiger partial charge in [0.05, 0.1) is 10.7 Å². The molecule has 1 aliphatic rings. The van der Waals surface area contributed by atoms with E-state index in [9.17, 15) is 0 Å². The Kier molecular flexibility index (Phi) is 3.64. The van der Waals surface area contributed by atoms with E-state index in [-0.39, 0.29) is 6.04 Å². The molecule has 2 rings (SSSR count). The van der Waals surface area contributed by atoms with E-state index in [0.29, 0.717) is 0 Å². The van der Waals surface area contributed by atoms with Gasteiger partial charge in [0.25, 0.3) is 0 Å². The van der Waals surface area contributed by atoms with Gasteiger partial charge in [0.1, 0.15) is 0 Å². The second-order valence-corrected chi connectivity index (χ2v) is 5.76. The van der Waals surface area contributed by atoms with Crippen molar-refractivity contribution in [3.63, 3.8) is 0 Å². The lowest BCUT2D eigenvalue weighted by Gasteiger charge is -2.21. The van der Waals surface area contributed by atoms with Gasteiger partial charge in [0.2, 0.25) is 0 Å². The van der Waals surface area contributed by atoms with E-state index in [2.05, 4.69) is 31.0 Å². The van der Waals surface area contributed by atoms with Crippen LogP contribution in [0, 0.1) is 11.8 Å². The van der Waals surface area contributed by atoms with E-state index < -0.39 is 0 Å². The van der Waals surface area contributed by atoms with Gasteiger partial charge in [-0.15, -0.1) is 0 Å². The highest BCUT2D eigenvalue weighted by Gasteiger charge is 2.33. The van der Waals surface area contributed by atoms with Crippen molar-refractivity contribution in [2.75, 3.05) is 18.5 Å². The SMILES string of the molecule is CC(N)c1ccc(N(C)CC2CC2C)c(Cl)c1. The summed E-state index contributed by atoms with van der Waals surface area (Å²) in [6.45, 7) is 5.37. The molecule has 1 aromatic carbocycles. The Balaban J connectivity index is 2.09. The maximum Gasteiger partial charge on any atom is 0.0642 e. The molecule has 94 valence electrons. The summed E-state index contributed by atoms with van der Waals surface area (Å²) in [5, 5.41) is 0.801. The molecule has 2 N–H and O–H groups in total. The summed E-state index contributed by atoms with van der Waals surface area (Å²) in [7, 11) is 2.11. The molecule has 3 unspecified atom stereocenters. The average molecular weight is 253 g/mol. The van der Waals surface area contributed by atoms with Crippen molar-refractivity contribution < 1.29 is 0 Å². The quantitative estimate of drug-likeness (QED) is 0.889. The largest absolute Gasteiger partial charge is 0.373 e. The summed E-state index contributed by atoms with van der Waals surface area (Å²) in [5.41, 5.74) is 8.04. The molecule has 0 heterocycles. The van der Waals surface area contributed by atoms with Crippen molar-refractivity contribution in [1.82, 2.24) is 0 Å². The van der Waals surface area contributed by atoms with E-state index in [0.717, 1.165) is 34.7 Å². The number of hydrogen-bond acceptors (Lipinski definition) is 2. The van der Waals surface area contributed by atoms with Crippen LogP contribution in [0.3, 0.4) is 0 Å². The first-order valence-electron chi connectivity index (χ1n) is 6.25. The predicted molar refractivity (Wildman–Crippen MR) is 74.6 cm³/mol. The van der Waals surface area contributed by atoms with Crippen LogP contribution in [0.15, 0.2) is 18.2 Å². The van der Waals surface area contributed by atoms with E-state index in [4.69, 9.17) is 17.3 Å². The Morgan fingerprint density at radius 3 is 2.65 bits per heavy atom. The van der Waals surface area contributed by atoms with Gasteiger partial charge in [-0.25, -0.2) is 0 Å². The monoisotopic (exact) mass is 252 g/mol. The third-order valence-corrected chi connectivity index (χ3v) is 4.00. The molecular formula is C14H21ClN2. The molecule has 0 radical (unpaired) electrons. The van der Waals surface area contributed by atoms with Crippen molar-refractivity contribution in [3.8, 4) is 0 Å². The molecule has 1 aliphatic carbocycles. The second-order valence-electron chi connectivity index (χ2n) is 5.35. The zero-order valence-electron chi connectivity index (χ0n) is 10.8. The highest BCUT2D eigenvalue weighted by molar-refractivity contribution is 6.33. The first-order chi connectivity index (χ1) is 7.99. The van der Waals surface area contributed by atoms with Gasteiger partial charge in [-0.2, -0.15) is 0 Å². The molecule has 0 saturated heterocycles. The Hall–Kier alpha value is -0.730. The summed E-state index contributed by atoms with van der Waals surface area (Å²) in [4.78, 5) is 2.25. The van der Waals surface area contributed by atoms with Crippen LogP contribution >= 0.6 is 11.6 Å². The smallest absolute Gasteiger partial charge is 0.0642 e. The highest BCUT2D eigenvalue weighted by atomic mass is 35.5. The Bertz CT molecular complexity index is 403. The summed E-state index contributed by atoms with van der Waals surface area (Å²) in [6, 6.07) is 6.16. The molecule has 0 aliphatic heterocycles. The van der Waals surface area contributed by atoms with Crippen LogP contribution in [0.4, 0.5) is 5.69 Å². The second kappa shape index (κ2) is 4.87. The maximum absolute atomic E-state index is 6.31. The molecule has 17 heavy (non-hydrogen) atoms. The first-order valence-corrected chi connectivity index (χ1v) is 6.63. The first kappa shape index (κ1) is 12.7. The third-order valence-electron chi connectivity index (χ3n) is 3.69. The van der Waals surface area contributed by atoms with Gasteiger partial charge in [0, 0.05) is 19.6 Å². The molecule has 0 aromatic heterocycles. The molecule has 3 heteroatoms. The average Bonchev–Trinajstić information content (AvgIpc) is 2.93. The van der Waals surface area contributed by atoms with Crippen molar-refractivity contribution in [3.05, 3.63) is 28.8 Å². The predicted octanol–water partition coefficient (Wildman–Crippen LogP) is 3.45. The molecule has 1 aromatic rings. The van der Waals surface area contributed by atoms with Gasteiger partial charge >= 0.3 is 0 Å². The van der Waals surface area contributed by atoms with Crippen LogP contribution in [-0.2, 0) is 0 Å². The molecular weight excluding hydrogens is 232 g/mol. The summed E-state index contributed by atoms with van der Waals surface area (Å²) < 4.78 is 0. The summed E-state index contributed by atoms with van der Waals surface area (Å²) in [5.74, 6) is 1.71. The Morgan fingerprint density at radius 2 is 2.18 bits per heavy atom. The number of rotatable bonds is 4. The molecule has 1 fully saturated rings. The lowest BCUT2D eigenvalue weighted by atomic mass is 10.1. The van der Waals surface area contributed by atoms with Crippen molar-refractivity contribution in [2.45, 2.75) is 26.3 Å². The van der Waals surface area contributed by atoms with E-state index in [1.54, 1.807) is 0 Å². The van der Waals surface area contributed by atoms with Crippen LogP contribution in [-0.4, -0.2) is 13.6 Å². The minimum Gasteiger partial charge on any atom is -0.373 e. The van der Waals surface area contributed by atoms with Crippen LogP contribution in [0.2, 0.25) is 5.02 Å². The topological polar surface area (TPSA) is 29.3 Å². The fourth-order valence-electron chi connectivity index (χ4n) is 2.22. The van der Waals surface area contributed by atoms with Crippen LogP contribution < -0.4 is 10.6 Å². The number of hydrogen-bond donors (Lipinski definition) is 1. The molecule has 1 saturated carbocycles. The van der Waals surface area contributed by atoms with Crippen LogP contribution in [0.5, 0.6) is 0 Å². The molecule has 0 bridgehead atoms. The van der Waals surface area contributed by atoms with Gasteiger partial charge in [0.15, 0.2) is 0 Å². The summed E-state index contributed by atoms with van der Waals surface area (Å²) in [6.07, 6.45) is 1.35. The Morgan fingerprint density at radius 1 is 1.53 bits per heavy atom. The fourth-order valence-corrected chi connectivity index (χ4v) is 2.55. The maximum atomic E-state index is 6.31. The van der Waals surface area contributed by atoms with Gasteiger partial charge in [-0.1, -0.05) is 24.6 Å². The minimum absolute atomic E-state index is 0.0373. The molecule has 2 nitrogen and oxygen atoms in total. The molecule has 0 amide bonds. The summed E-state index contributed by atoms with van der Waals surface area (Å²) >= 11 is 6.31. The number of halogens is 1. The van der Waals surface area contributed by atoms with E-state index >= 15 is 0 Å². The molecule has 0 spiro atoms. The van der Waals surface area contributed by atoms with Crippen LogP contribution in [0.25, 0.3) is 0 Å². The highest BCUT2D eigenvalue weighted by Crippen LogP contribution is 2.39. The number of anilines is 1. The zero-order chi connectivity index (χ0) is 12.6. The van der Waals surface area contributed by atoms with E-state index in [1.807, 2.05) is 13.0 Å². The molecule has 3 atom stereocenters. The van der Waals surface area contributed by atoms with Crippen LogP contribution in [0.1, 0.15) is 31.9 Å². The third kappa shape index (κ3) is 2.93.